The molecule has 1 rings (SSSR count). The van der Waals surface area contributed by atoms with Crippen molar-refractivity contribution in [3.8, 4) is 0 Å². The zero-order valence-electron chi connectivity index (χ0n) is 9.83. The zero-order valence-corrected chi connectivity index (χ0v) is 9.83. The minimum absolute atomic E-state index is 0.194. The first kappa shape index (κ1) is 12.6. The number of para-hydroxylation sites is 1. The number of nitrogens with two attached hydrogens (primary N) is 1. The fourth-order valence-electron chi connectivity index (χ4n) is 1.37. The lowest BCUT2D eigenvalue weighted by atomic mass is 9.92. The predicted octanol–water partition coefficient (Wildman–Crippen LogP) is 1.77. The van der Waals surface area contributed by atoms with E-state index < -0.39 is 11.2 Å². The molecule has 0 aliphatic rings. The molecule has 0 heterocycles. The molecule has 0 saturated heterocycles. The summed E-state index contributed by atoms with van der Waals surface area (Å²) in [4.78, 5) is 13.3. The fraction of sp³-hybridized carbons (Fsp3) is 0.417. The highest BCUT2D eigenvalue weighted by Crippen LogP contribution is 2.23. The Morgan fingerprint density at radius 1 is 1.44 bits per heavy atom. The van der Waals surface area contributed by atoms with Crippen molar-refractivity contribution in [2.24, 2.45) is 11.1 Å². The van der Waals surface area contributed by atoms with Crippen molar-refractivity contribution in [3.05, 3.63) is 30.1 Å². The number of hydrogen-bond acceptors (Lipinski definition) is 2. The van der Waals surface area contributed by atoms with Gasteiger partial charge in [-0.25, -0.2) is 4.39 Å². The number of amides is 1. The van der Waals surface area contributed by atoms with Crippen LogP contribution in [-0.4, -0.2) is 19.5 Å². The zero-order chi connectivity index (χ0) is 12.3. The highest BCUT2D eigenvalue weighted by atomic mass is 19.1. The third-order valence-corrected chi connectivity index (χ3v) is 2.61. The molecule has 0 unspecified atom stereocenters. The average Bonchev–Trinajstić information content (AvgIpc) is 2.27. The predicted molar refractivity (Wildman–Crippen MR) is 62.6 cm³/mol. The van der Waals surface area contributed by atoms with Gasteiger partial charge in [0.05, 0.1) is 11.1 Å². The Balaban J connectivity index is 3.00. The number of nitrogens with zero attached hydrogens (tertiary/aromatic N) is 1. The van der Waals surface area contributed by atoms with Gasteiger partial charge in [-0.05, 0) is 26.0 Å². The van der Waals surface area contributed by atoms with Crippen LogP contribution < -0.4 is 10.6 Å². The lowest BCUT2D eigenvalue weighted by Crippen LogP contribution is -2.43. The maximum Gasteiger partial charge on any atom is 0.233 e. The van der Waals surface area contributed by atoms with Crippen molar-refractivity contribution in [3.63, 3.8) is 0 Å². The summed E-state index contributed by atoms with van der Waals surface area (Å²) >= 11 is 0. The van der Waals surface area contributed by atoms with Crippen LogP contribution in [0.3, 0.4) is 0 Å². The van der Waals surface area contributed by atoms with Crippen molar-refractivity contribution in [2.75, 3.05) is 18.5 Å². The van der Waals surface area contributed by atoms with Gasteiger partial charge in [0.2, 0.25) is 5.91 Å². The molecule has 1 aromatic rings. The van der Waals surface area contributed by atoms with Crippen molar-refractivity contribution < 1.29 is 9.18 Å². The Hall–Kier alpha value is -1.42. The summed E-state index contributed by atoms with van der Waals surface area (Å²) in [6, 6.07) is 6.18. The summed E-state index contributed by atoms with van der Waals surface area (Å²) in [6.45, 7) is 3.71. The van der Waals surface area contributed by atoms with E-state index in [1.807, 2.05) is 0 Å². The highest BCUT2D eigenvalue weighted by Gasteiger charge is 2.30. The first-order valence-electron chi connectivity index (χ1n) is 5.13. The average molecular weight is 224 g/mol. The molecule has 0 saturated carbocycles. The van der Waals surface area contributed by atoms with Crippen molar-refractivity contribution in [1.82, 2.24) is 0 Å². The van der Waals surface area contributed by atoms with E-state index in [9.17, 15) is 9.18 Å². The molecule has 2 N–H and O–H groups in total. The normalized spacial score (nSPS) is 11.3. The van der Waals surface area contributed by atoms with Crippen LogP contribution in [0, 0.1) is 11.2 Å². The smallest absolute Gasteiger partial charge is 0.233 e. The van der Waals surface area contributed by atoms with Gasteiger partial charge >= 0.3 is 0 Å². The van der Waals surface area contributed by atoms with E-state index in [0.717, 1.165) is 0 Å². The molecule has 88 valence electrons. The van der Waals surface area contributed by atoms with Gasteiger partial charge in [0.25, 0.3) is 0 Å². The van der Waals surface area contributed by atoms with E-state index in [4.69, 9.17) is 5.73 Å². The number of halogens is 1. The summed E-state index contributed by atoms with van der Waals surface area (Å²) in [5, 5.41) is 0. The Bertz CT molecular complexity index is 390. The Morgan fingerprint density at radius 2 is 2.00 bits per heavy atom. The van der Waals surface area contributed by atoms with E-state index >= 15 is 0 Å². The van der Waals surface area contributed by atoms with E-state index in [-0.39, 0.29) is 18.1 Å². The third kappa shape index (κ3) is 2.39. The molecular formula is C12H17FN2O. The van der Waals surface area contributed by atoms with E-state index in [1.165, 1.54) is 11.0 Å². The molecule has 0 bridgehead atoms. The number of carbonyl (C=O) groups excluding carboxylic acids is 1. The molecule has 0 aromatic heterocycles. The van der Waals surface area contributed by atoms with Gasteiger partial charge in [-0.3, -0.25) is 4.79 Å². The SMILES string of the molecule is CN(C(=O)C(C)(C)CN)c1ccccc1F. The topological polar surface area (TPSA) is 46.3 Å². The maximum atomic E-state index is 13.5. The third-order valence-electron chi connectivity index (χ3n) is 2.61. The lowest BCUT2D eigenvalue weighted by molar-refractivity contribution is -0.125. The molecule has 0 radical (unpaired) electrons. The number of benzene rings is 1. The highest BCUT2D eigenvalue weighted by molar-refractivity contribution is 5.96. The Morgan fingerprint density at radius 3 is 2.50 bits per heavy atom. The summed E-state index contributed by atoms with van der Waals surface area (Å²) in [5.41, 5.74) is 5.11. The standard InChI is InChI=1S/C12H17FN2O/c1-12(2,8-14)11(16)15(3)10-7-5-4-6-9(10)13/h4-7H,8,14H2,1-3H3. The van der Waals surface area contributed by atoms with Gasteiger partial charge in [0.15, 0.2) is 0 Å². The second-order valence-electron chi connectivity index (χ2n) is 4.40. The van der Waals surface area contributed by atoms with Crippen LogP contribution in [0.4, 0.5) is 10.1 Å². The quantitative estimate of drug-likeness (QED) is 0.850. The second kappa shape index (κ2) is 4.61. The number of hydrogen-bond donors (Lipinski definition) is 1. The van der Waals surface area contributed by atoms with Crippen LogP contribution in [-0.2, 0) is 4.79 Å². The Kier molecular flexibility index (Phi) is 3.65. The summed E-state index contributed by atoms with van der Waals surface area (Å²) < 4.78 is 13.5. The van der Waals surface area contributed by atoms with Crippen LogP contribution in [0.15, 0.2) is 24.3 Å². The summed E-state index contributed by atoms with van der Waals surface area (Å²) in [6.07, 6.45) is 0. The van der Waals surface area contributed by atoms with Gasteiger partial charge in [0.1, 0.15) is 5.82 Å². The molecule has 1 amide bonds. The molecular weight excluding hydrogens is 207 g/mol. The van der Waals surface area contributed by atoms with Gasteiger partial charge in [-0.1, -0.05) is 12.1 Å². The fourth-order valence-corrected chi connectivity index (χ4v) is 1.37. The van der Waals surface area contributed by atoms with Gasteiger partial charge in [-0.2, -0.15) is 0 Å². The molecule has 16 heavy (non-hydrogen) atoms. The van der Waals surface area contributed by atoms with Crippen LogP contribution >= 0.6 is 0 Å². The summed E-state index contributed by atoms with van der Waals surface area (Å²) in [5.74, 6) is -0.605. The van der Waals surface area contributed by atoms with Crippen molar-refractivity contribution in [1.29, 1.82) is 0 Å². The van der Waals surface area contributed by atoms with Gasteiger partial charge < -0.3 is 10.6 Å². The largest absolute Gasteiger partial charge is 0.329 e. The van der Waals surface area contributed by atoms with Gasteiger partial charge in [0, 0.05) is 13.6 Å². The number of carbonyl (C=O) groups is 1. The minimum atomic E-state index is -0.684. The molecule has 1 aromatic carbocycles. The van der Waals surface area contributed by atoms with Crippen LogP contribution in [0.5, 0.6) is 0 Å². The number of rotatable bonds is 3. The number of anilines is 1. The molecule has 0 aliphatic carbocycles. The molecule has 4 heteroatoms. The lowest BCUT2D eigenvalue weighted by Gasteiger charge is -2.28. The first-order valence-corrected chi connectivity index (χ1v) is 5.13. The van der Waals surface area contributed by atoms with Crippen molar-refractivity contribution >= 4 is 11.6 Å². The molecule has 0 atom stereocenters. The molecule has 0 fully saturated rings. The van der Waals surface area contributed by atoms with Crippen molar-refractivity contribution in [2.45, 2.75) is 13.8 Å². The van der Waals surface area contributed by atoms with Gasteiger partial charge in [-0.15, -0.1) is 0 Å². The second-order valence-corrected chi connectivity index (χ2v) is 4.40. The van der Waals surface area contributed by atoms with E-state index in [0.29, 0.717) is 0 Å². The van der Waals surface area contributed by atoms with E-state index in [1.54, 1.807) is 39.1 Å². The Labute approximate surface area is 95.0 Å². The minimum Gasteiger partial charge on any atom is -0.329 e. The van der Waals surface area contributed by atoms with Crippen LogP contribution in [0.1, 0.15) is 13.8 Å². The monoisotopic (exact) mass is 224 g/mol. The molecule has 3 nitrogen and oxygen atoms in total. The molecule has 0 spiro atoms. The summed E-state index contributed by atoms with van der Waals surface area (Å²) in [7, 11) is 1.55. The van der Waals surface area contributed by atoms with Crippen LogP contribution in [0.2, 0.25) is 0 Å². The molecule has 0 aliphatic heterocycles. The first-order chi connectivity index (χ1) is 7.40. The maximum absolute atomic E-state index is 13.5. The van der Waals surface area contributed by atoms with E-state index in [2.05, 4.69) is 0 Å². The van der Waals surface area contributed by atoms with Crippen LogP contribution in [0.25, 0.3) is 0 Å².